The van der Waals surface area contributed by atoms with E-state index in [1.807, 2.05) is 13.8 Å². The maximum Gasteiger partial charge on any atom is 0.347 e. The number of methoxy groups -OCH3 is 1. The van der Waals surface area contributed by atoms with Crippen molar-refractivity contribution in [3.05, 3.63) is 76.8 Å². The lowest BCUT2D eigenvalue weighted by molar-refractivity contribution is -0.178. The van der Waals surface area contributed by atoms with Crippen molar-refractivity contribution in [3.63, 3.8) is 0 Å². The van der Waals surface area contributed by atoms with Gasteiger partial charge < -0.3 is 35.1 Å². The second kappa shape index (κ2) is 17.8. The fourth-order valence-corrected chi connectivity index (χ4v) is 5.38. The number of halogens is 1. The van der Waals surface area contributed by atoms with E-state index in [0.717, 1.165) is 0 Å². The van der Waals surface area contributed by atoms with Crippen LogP contribution in [0, 0.1) is 17.8 Å². The largest absolute Gasteiger partial charge is 0.495 e. The summed E-state index contributed by atoms with van der Waals surface area (Å²) in [5.74, 6) is -3.89. The highest BCUT2D eigenvalue weighted by atomic mass is 35.5. The highest BCUT2D eigenvalue weighted by molar-refractivity contribution is 6.32. The van der Waals surface area contributed by atoms with Crippen molar-refractivity contribution in [2.24, 2.45) is 17.8 Å². The van der Waals surface area contributed by atoms with Gasteiger partial charge in [-0.05, 0) is 41.7 Å². The Hall–Kier alpha value is -3.93. The van der Waals surface area contributed by atoms with Crippen LogP contribution in [0.2, 0.25) is 5.02 Å². The van der Waals surface area contributed by atoms with Crippen LogP contribution in [0.3, 0.4) is 0 Å². The summed E-state index contributed by atoms with van der Waals surface area (Å²) in [6, 6.07) is 12.6. The number of benzene rings is 2. The summed E-state index contributed by atoms with van der Waals surface area (Å²) < 4.78 is 16.6. The molecule has 12 heteroatoms. The number of carbonyl (C=O) groups excluding carboxylic acids is 4. The highest BCUT2D eigenvalue weighted by Gasteiger charge is 2.36. The maximum atomic E-state index is 13.4. The van der Waals surface area contributed by atoms with Gasteiger partial charge in [-0.2, -0.15) is 0 Å². The van der Waals surface area contributed by atoms with Crippen molar-refractivity contribution in [1.82, 2.24) is 10.6 Å². The number of esters is 2. The normalized spacial score (nSPS) is 24.3. The Morgan fingerprint density at radius 2 is 1.70 bits per heavy atom. The van der Waals surface area contributed by atoms with Gasteiger partial charge in [0.25, 0.3) is 0 Å². The average molecular weight is 673 g/mol. The van der Waals surface area contributed by atoms with Gasteiger partial charge in [-0.3, -0.25) is 14.4 Å². The first-order valence-electron chi connectivity index (χ1n) is 15.7. The number of rotatable bonds is 9. The number of ether oxygens (including phenoxy) is 3. The van der Waals surface area contributed by atoms with Crippen LogP contribution in [-0.2, 0) is 35.1 Å². The Morgan fingerprint density at radius 3 is 2.34 bits per heavy atom. The van der Waals surface area contributed by atoms with E-state index >= 15 is 0 Å². The minimum absolute atomic E-state index is 0.0252. The Bertz CT molecular complexity index is 1400. The number of hydrogen-bond donors (Lipinski definition) is 4. The van der Waals surface area contributed by atoms with E-state index in [1.165, 1.54) is 19.3 Å². The molecule has 2 aromatic rings. The fraction of sp³-hybridized carbons (Fsp3) is 0.486. The van der Waals surface area contributed by atoms with Crippen molar-refractivity contribution < 1.29 is 43.6 Å². The molecule has 0 saturated carbocycles. The Labute approximate surface area is 280 Å². The molecular formula is C35H45ClN2O9. The van der Waals surface area contributed by atoms with Gasteiger partial charge in [0, 0.05) is 25.3 Å². The summed E-state index contributed by atoms with van der Waals surface area (Å²) in [5, 5.41) is 27.7. The van der Waals surface area contributed by atoms with Gasteiger partial charge in [0.1, 0.15) is 24.0 Å². The predicted molar refractivity (Wildman–Crippen MR) is 175 cm³/mol. The minimum Gasteiger partial charge on any atom is -0.495 e. The van der Waals surface area contributed by atoms with Crippen LogP contribution in [0.25, 0.3) is 0 Å². The molecule has 4 N–H and O–H groups in total. The van der Waals surface area contributed by atoms with Gasteiger partial charge in [0.05, 0.1) is 24.2 Å². The smallest absolute Gasteiger partial charge is 0.347 e. The van der Waals surface area contributed by atoms with Crippen molar-refractivity contribution in [1.29, 1.82) is 0 Å². The first kappa shape index (κ1) is 37.5. The van der Waals surface area contributed by atoms with Crippen molar-refractivity contribution in [3.8, 4) is 5.75 Å². The molecule has 2 aromatic carbocycles. The molecular weight excluding hydrogens is 628 g/mol. The summed E-state index contributed by atoms with van der Waals surface area (Å²) in [5.41, 5.74) is 1.13. The molecule has 0 aromatic heterocycles. The molecule has 0 unspecified atom stereocenters. The molecule has 256 valence electrons. The lowest BCUT2D eigenvalue weighted by atomic mass is 9.89. The summed E-state index contributed by atoms with van der Waals surface area (Å²) >= 11 is 6.28. The van der Waals surface area contributed by atoms with Crippen molar-refractivity contribution >= 4 is 35.4 Å². The monoisotopic (exact) mass is 672 g/mol. The molecule has 1 aliphatic rings. The van der Waals surface area contributed by atoms with E-state index in [0.29, 0.717) is 21.9 Å². The summed E-state index contributed by atoms with van der Waals surface area (Å²) in [4.78, 5) is 52.9. The Morgan fingerprint density at radius 1 is 1.00 bits per heavy atom. The number of hydrogen-bond acceptors (Lipinski definition) is 9. The Kier molecular flexibility index (Phi) is 14.2. The number of amides is 2. The average Bonchev–Trinajstić information content (AvgIpc) is 3.04. The van der Waals surface area contributed by atoms with E-state index in [4.69, 9.17) is 25.8 Å². The zero-order chi connectivity index (χ0) is 34.7. The van der Waals surface area contributed by atoms with Crippen molar-refractivity contribution in [2.75, 3.05) is 13.7 Å². The van der Waals surface area contributed by atoms with Crippen molar-refractivity contribution in [2.45, 2.75) is 77.4 Å². The standard InChI is InChI=1S/C35H45ClN2O9/c1-20(2)16-29-35(44)46-27(22(4)31(40)32(41)24-10-7-6-8-11-24)12-9-13-30(39)38-26(33(42)37-19-21(3)34(43)47-29)18-23-14-15-28(45-5)25(36)17-23/h6-11,13-15,17,20-22,26-27,29,31-32,40-41H,12,16,18-19H2,1-5H3,(H,37,42)(H,38,39)/b13-9+/t21-,22+,26-,27+,29+,31-,32+/m1/s1. The summed E-state index contributed by atoms with van der Waals surface area (Å²) in [6.07, 6.45) is -1.99. The van der Waals surface area contributed by atoms with E-state index in [1.54, 1.807) is 62.4 Å². The van der Waals surface area contributed by atoms with Crippen LogP contribution in [-0.4, -0.2) is 72.0 Å². The molecule has 7 atom stereocenters. The molecule has 47 heavy (non-hydrogen) atoms. The molecule has 0 aliphatic carbocycles. The van der Waals surface area contributed by atoms with E-state index in [2.05, 4.69) is 10.6 Å². The van der Waals surface area contributed by atoms with Gasteiger partial charge >= 0.3 is 11.9 Å². The van der Waals surface area contributed by atoms with E-state index < -0.39 is 66.0 Å². The van der Waals surface area contributed by atoms with Gasteiger partial charge in [0.2, 0.25) is 11.8 Å². The van der Waals surface area contributed by atoms with Gasteiger partial charge in [0.15, 0.2) is 6.10 Å². The Balaban J connectivity index is 1.92. The first-order chi connectivity index (χ1) is 22.3. The first-order valence-corrected chi connectivity index (χ1v) is 16.1. The number of aliphatic hydroxyl groups excluding tert-OH is 2. The molecule has 0 spiro atoms. The number of nitrogens with one attached hydrogen (secondary N) is 2. The molecule has 11 nitrogen and oxygen atoms in total. The van der Waals surface area contributed by atoms with E-state index in [9.17, 15) is 29.4 Å². The lowest BCUT2D eigenvalue weighted by Crippen LogP contribution is -2.49. The number of carbonyl (C=O) groups is 4. The van der Waals surface area contributed by atoms with Crippen LogP contribution >= 0.6 is 11.6 Å². The zero-order valence-corrected chi connectivity index (χ0v) is 28.1. The predicted octanol–water partition coefficient (Wildman–Crippen LogP) is 3.69. The van der Waals surface area contributed by atoms with Gasteiger partial charge in [-0.25, -0.2) is 4.79 Å². The van der Waals surface area contributed by atoms with Crippen LogP contribution in [0.1, 0.15) is 57.8 Å². The molecule has 0 radical (unpaired) electrons. The molecule has 0 saturated heterocycles. The quantitative estimate of drug-likeness (QED) is 0.291. The SMILES string of the molecule is COc1ccc(C[C@H]2NC(=O)/C=C/C[C@@H]([C@H](C)[C@@H](O)[C@@H](O)c3ccccc3)OC(=O)[C@H](CC(C)C)OC(=O)[C@H](C)CNC2=O)cc1Cl. The van der Waals surface area contributed by atoms with Gasteiger partial charge in [-0.1, -0.05) is 81.8 Å². The van der Waals surface area contributed by atoms with Crippen LogP contribution in [0.15, 0.2) is 60.7 Å². The molecule has 2 amide bonds. The molecule has 0 bridgehead atoms. The minimum atomic E-state index is -1.35. The van der Waals surface area contributed by atoms with E-state index in [-0.39, 0.29) is 31.7 Å². The fourth-order valence-electron chi connectivity index (χ4n) is 5.10. The highest BCUT2D eigenvalue weighted by Crippen LogP contribution is 2.28. The second-order valence-electron chi connectivity index (χ2n) is 12.3. The molecule has 1 heterocycles. The maximum absolute atomic E-state index is 13.4. The molecule has 0 fully saturated rings. The zero-order valence-electron chi connectivity index (χ0n) is 27.4. The molecule has 3 rings (SSSR count). The second-order valence-corrected chi connectivity index (χ2v) is 12.7. The topological polar surface area (TPSA) is 160 Å². The molecule has 1 aliphatic heterocycles. The number of aliphatic hydroxyl groups is 2. The third-order valence-electron chi connectivity index (χ3n) is 7.98. The van der Waals surface area contributed by atoms with Crippen LogP contribution < -0.4 is 15.4 Å². The van der Waals surface area contributed by atoms with Crippen LogP contribution in [0.5, 0.6) is 5.75 Å². The summed E-state index contributed by atoms with van der Waals surface area (Å²) in [7, 11) is 1.48. The third-order valence-corrected chi connectivity index (χ3v) is 8.27. The third kappa shape index (κ3) is 11.1. The van der Waals surface area contributed by atoms with Crippen LogP contribution in [0.4, 0.5) is 0 Å². The lowest BCUT2D eigenvalue weighted by Gasteiger charge is -2.31. The van der Waals surface area contributed by atoms with Gasteiger partial charge in [-0.15, -0.1) is 0 Å². The number of cyclic esters (lactones) is 2. The summed E-state index contributed by atoms with van der Waals surface area (Å²) in [6.45, 7) is 6.78.